The molecule has 1 aliphatic heterocycles. The number of ether oxygens (including phenoxy) is 2. The Kier molecular flexibility index (Phi) is 6.41. The van der Waals surface area contributed by atoms with Gasteiger partial charge in [-0.3, -0.25) is 4.79 Å². The molecule has 0 radical (unpaired) electrons. The minimum absolute atomic E-state index is 0.240. The van der Waals surface area contributed by atoms with Crippen molar-refractivity contribution in [3.8, 4) is 11.3 Å². The summed E-state index contributed by atoms with van der Waals surface area (Å²) >= 11 is 0. The number of morpholine rings is 1. The number of benzene rings is 1. The van der Waals surface area contributed by atoms with Crippen LogP contribution in [-0.4, -0.2) is 60.6 Å². The standard InChI is InChI=1S/C21H25N5O4/c1-28-10-7-26-15-22-13-17(26)14-23-21(27)18-19(16-5-3-2-4-6-16)30-24-20(18)25-8-11-29-12-9-25/h2-6,13,15H,7-12,14H2,1H3,(H,23,27). The maximum Gasteiger partial charge on any atom is 0.259 e. The summed E-state index contributed by atoms with van der Waals surface area (Å²) in [5.41, 5.74) is 2.14. The van der Waals surface area contributed by atoms with Crippen LogP contribution < -0.4 is 10.2 Å². The number of hydrogen-bond acceptors (Lipinski definition) is 7. The summed E-state index contributed by atoms with van der Waals surface area (Å²) in [5.74, 6) is 0.765. The van der Waals surface area contributed by atoms with Gasteiger partial charge in [-0.1, -0.05) is 35.5 Å². The van der Waals surface area contributed by atoms with Crippen molar-refractivity contribution in [2.45, 2.75) is 13.1 Å². The summed E-state index contributed by atoms with van der Waals surface area (Å²) in [5, 5.41) is 7.24. The summed E-state index contributed by atoms with van der Waals surface area (Å²) < 4.78 is 18.2. The second-order valence-electron chi connectivity index (χ2n) is 6.93. The fraction of sp³-hybridized carbons (Fsp3) is 0.381. The van der Waals surface area contributed by atoms with Crippen LogP contribution in [0.5, 0.6) is 0 Å². The molecule has 0 atom stereocenters. The van der Waals surface area contributed by atoms with Gasteiger partial charge in [-0.15, -0.1) is 0 Å². The van der Waals surface area contributed by atoms with Gasteiger partial charge in [0.1, 0.15) is 5.56 Å². The lowest BCUT2D eigenvalue weighted by Gasteiger charge is -2.27. The molecule has 1 aromatic carbocycles. The number of carbonyl (C=O) groups excluding carboxylic acids is 1. The number of aromatic nitrogens is 3. The van der Waals surface area contributed by atoms with E-state index in [1.54, 1.807) is 19.6 Å². The minimum atomic E-state index is -0.240. The molecule has 2 aromatic heterocycles. The number of rotatable bonds is 8. The van der Waals surface area contributed by atoms with E-state index in [-0.39, 0.29) is 5.91 Å². The fourth-order valence-corrected chi connectivity index (χ4v) is 3.41. The molecule has 1 saturated heterocycles. The zero-order valence-electron chi connectivity index (χ0n) is 16.9. The van der Waals surface area contributed by atoms with Gasteiger partial charge in [0.15, 0.2) is 11.6 Å². The number of methoxy groups -OCH3 is 1. The molecule has 4 rings (SSSR count). The summed E-state index contributed by atoms with van der Waals surface area (Å²) in [7, 11) is 1.66. The first-order chi connectivity index (χ1) is 14.8. The molecule has 1 N–H and O–H groups in total. The molecule has 9 nitrogen and oxygen atoms in total. The average molecular weight is 411 g/mol. The summed E-state index contributed by atoms with van der Waals surface area (Å²) in [4.78, 5) is 19.5. The smallest absolute Gasteiger partial charge is 0.259 e. The van der Waals surface area contributed by atoms with Crippen molar-refractivity contribution in [3.05, 3.63) is 54.1 Å². The zero-order chi connectivity index (χ0) is 20.8. The number of anilines is 1. The van der Waals surface area contributed by atoms with Crippen molar-refractivity contribution in [2.75, 3.05) is 44.9 Å². The summed E-state index contributed by atoms with van der Waals surface area (Å²) in [6, 6.07) is 9.54. The minimum Gasteiger partial charge on any atom is -0.383 e. The first-order valence-electron chi connectivity index (χ1n) is 9.92. The van der Waals surface area contributed by atoms with Gasteiger partial charge in [0, 0.05) is 38.5 Å². The fourth-order valence-electron chi connectivity index (χ4n) is 3.41. The van der Waals surface area contributed by atoms with Crippen molar-refractivity contribution in [2.24, 2.45) is 0 Å². The Hall–Kier alpha value is -3.17. The van der Waals surface area contributed by atoms with E-state index in [0.29, 0.717) is 63.1 Å². The number of carbonyl (C=O) groups is 1. The normalized spacial score (nSPS) is 14.1. The molecule has 1 fully saturated rings. The molecule has 0 saturated carbocycles. The van der Waals surface area contributed by atoms with Crippen LogP contribution in [0.25, 0.3) is 11.3 Å². The summed E-state index contributed by atoms with van der Waals surface area (Å²) in [6.07, 6.45) is 3.47. The van der Waals surface area contributed by atoms with Gasteiger partial charge in [0.25, 0.3) is 5.91 Å². The largest absolute Gasteiger partial charge is 0.383 e. The van der Waals surface area contributed by atoms with Crippen LogP contribution in [0.15, 0.2) is 47.4 Å². The van der Waals surface area contributed by atoms with Gasteiger partial charge in [0.2, 0.25) is 0 Å². The van der Waals surface area contributed by atoms with Crippen molar-refractivity contribution in [1.29, 1.82) is 0 Å². The zero-order valence-corrected chi connectivity index (χ0v) is 16.9. The Balaban J connectivity index is 1.58. The van der Waals surface area contributed by atoms with Crippen LogP contribution in [0.3, 0.4) is 0 Å². The monoisotopic (exact) mass is 411 g/mol. The van der Waals surface area contributed by atoms with Crippen LogP contribution in [0.1, 0.15) is 16.1 Å². The van der Waals surface area contributed by atoms with Crippen LogP contribution in [-0.2, 0) is 22.6 Å². The molecule has 0 unspecified atom stereocenters. The molecule has 0 aliphatic carbocycles. The highest BCUT2D eigenvalue weighted by molar-refractivity contribution is 6.04. The first kappa shape index (κ1) is 20.1. The van der Waals surface area contributed by atoms with E-state index < -0.39 is 0 Å². The molecule has 0 spiro atoms. The number of amides is 1. The van der Waals surface area contributed by atoms with Crippen molar-refractivity contribution < 1.29 is 18.8 Å². The lowest BCUT2D eigenvalue weighted by Crippen LogP contribution is -2.38. The van der Waals surface area contributed by atoms with Crippen LogP contribution >= 0.6 is 0 Å². The summed E-state index contributed by atoms with van der Waals surface area (Å²) in [6.45, 7) is 4.08. The Bertz CT molecular complexity index is 963. The van der Waals surface area contributed by atoms with Crippen LogP contribution in [0, 0.1) is 0 Å². The molecular formula is C21H25N5O4. The van der Waals surface area contributed by atoms with E-state index in [4.69, 9.17) is 14.0 Å². The maximum absolute atomic E-state index is 13.3. The topological polar surface area (TPSA) is 94.7 Å². The highest BCUT2D eigenvalue weighted by Crippen LogP contribution is 2.31. The van der Waals surface area contributed by atoms with Crippen molar-refractivity contribution >= 4 is 11.7 Å². The number of hydrogen-bond donors (Lipinski definition) is 1. The Labute approximate surface area is 174 Å². The third-order valence-corrected chi connectivity index (χ3v) is 5.01. The van der Waals surface area contributed by atoms with Crippen molar-refractivity contribution in [1.82, 2.24) is 20.0 Å². The van der Waals surface area contributed by atoms with E-state index in [1.807, 2.05) is 39.8 Å². The molecule has 3 heterocycles. The highest BCUT2D eigenvalue weighted by atomic mass is 16.5. The Morgan fingerprint density at radius 1 is 1.23 bits per heavy atom. The number of imidazole rings is 1. The van der Waals surface area contributed by atoms with Gasteiger partial charge in [-0.2, -0.15) is 0 Å². The lowest BCUT2D eigenvalue weighted by molar-refractivity contribution is 0.0948. The number of nitrogens with zero attached hydrogens (tertiary/aromatic N) is 4. The molecule has 3 aromatic rings. The SMILES string of the molecule is COCCn1cncc1CNC(=O)c1c(N2CCOCC2)noc1-c1ccccc1. The third-order valence-electron chi connectivity index (χ3n) is 5.01. The second kappa shape index (κ2) is 9.55. The Morgan fingerprint density at radius 3 is 2.80 bits per heavy atom. The molecule has 1 aliphatic rings. The highest BCUT2D eigenvalue weighted by Gasteiger charge is 2.28. The van der Waals surface area contributed by atoms with Gasteiger partial charge in [0.05, 0.1) is 38.4 Å². The van der Waals surface area contributed by atoms with Crippen molar-refractivity contribution in [3.63, 3.8) is 0 Å². The van der Waals surface area contributed by atoms with Crippen LogP contribution in [0.4, 0.5) is 5.82 Å². The third kappa shape index (κ3) is 4.37. The van der Waals surface area contributed by atoms with E-state index in [2.05, 4.69) is 15.5 Å². The van der Waals surface area contributed by atoms with Gasteiger partial charge in [-0.25, -0.2) is 4.98 Å². The average Bonchev–Trinajstić information content (AvgIpc) is 3.44. The van der Waals surface area contributed by atoms with Crippen LogP contribution in [0.2, 0.25) is 0 Å². The molecule has 1 amide bonds. The van der Waals surface area contributed by atoms with Gasteiger partial charge >= 0.3 is 0 Å². The molecule has 158 valence electrons. The predicted molar refractivity (Wildman–Crippen MR) is 110 cm³/mol. The quantitative estimate of drug-likeness (QED) is 0.605. The molecular weight excluding hydrogens is 386 g/mol. The van der Waals surface area contributed by atoms with E-state index in [9.17, 15) is 4.79 Å². The lowest BCUT2D eigenvalue weighted by atomic mass is 10.1. The van der Waals surface area contributed by atoms with Gasteiger partial charge in [-0.05, 0) is 0 Å². The molecule has 0 bridgehead atoms. The second-order valence-corrected chi connectivity index (χ2v) is 6.93. The molecule has 9 heteroatoms. The number of nitrogens with one attached hydrogen (secondary N) is 1. The van der Waals surface area contributed by atoms with E-state index in [1.165, 1.54) is 0 Å². The predicted octanol–water partition coefficient (Wildman–Crippen LogP) is 1.95. The maximum atomic E-state index is 13.3. The van der Waals surface area contributed by atoms with E-state index >= 15 is 0 Å². The molecule has 30 heavy (non-hydrogen) atoms. The van der Waals surface area contributed by atoms with Gasteiger partial charge < -0.3 is 28.8 Å². The van der Waals surface area contributed by atoms with E-state index in [0.717, 1.165) is 11.3 Å². The first-order valence-corrected chi connectivity index (χ1v) is 9.92. The Morgan fingerprint density at radius 2 is 2.03 bits per heavy atom.